The van der Waals surface area contributed by atoms with E-state index in [0.717, 1.165) is 11.1 Å². The van der Waals surface area contributed by atoms with Gasteiger partial charge in [-0.15, -0.1) is 0 Å². The molecule has 0 bridgehead atoms. The summed E-state index contributed by atoms with van der Waals surface area (Å²) in [4.78, 5) is 32.5. The van der Waals surface area contributed by atoms with Crippen LogP contribution in [0.1, 0.15) is 36.6 Å². The molecule has 2 heterocycles. The first-order valence-electron chi connectivity index (χ1n) is 13.8. The summed E-state index contributed by atoms with van der Waals surface area (Å²) >= 11 is 10.8. The minimum absolute atomic E-state index is 0.168. The summed E-state index contributed by atoms with van der Waals surface area (Å²) in [5.74, 6) is 1.45. The van der Waals surface area contributed by atoms with Crippen molar-refractivity contribution in [2.75, 3.05) is 27.9 Å². The SMILES string of the molecule is CCOC(=O)C1=C(C)N=c2s/c(=C\c3ccc(OCc4ccc(Cl)cc4)c(OC)c3)c(=O)n2[C@H]1c1cc(OC)c(OC)cc1Br. The topological polar surface area (TPSA) is 97.6 Å². The van der Waals surface area contributed by atoms with E-state index in [1.807, 2.05) is 30.3 Å². The summed E-state index contributed by atoms with van der Waals surface area (Å²) in [6.45, 7) is 3.96. The van der Waals surface area contributed by atoms with E-state index in [4.69, 9.17) is 35.3 Å². The molecule has 45 heavy (non-hydrogen) atoms. The predicted molar refractivity (Wildman–Crippen MR) is 176 cm³/mol. The number of carbonyl (C=O) groups excluding carboxylic acids is 1. The van der Waals surface area contributed by atoms with Crippen molar-refractivity contribution < 1.29 is 28.5 Å². The Kier molecular flexibility index (Phi) is 10.0. The Hall–Kier alpha value is -4.06. The Balaban J connectivity index is 1.59. The average molecular weight is 714 g/mol. The molecular weight excluding hydrogens is 684 g/mol. The maximum atomic E-state index is 14.1. The molecule has 0 spiro atoms. The Morgan fingerprint density at radius 1 is 1.00 bits per heavy atom. The Labute approximate surface area is 277 Å². The van der Waals surface area contributed by atoms with Crippen LogP contribution in [0, 0.1) is 0 Å². The fourth-order valence-electron chi connectivity index (χ4n) is 4.95. The molecule has 0 amide bonds. The molecule has 0 saturated carbocycles. The van der Waals surface area contributed by atoms with Crippen molar-refractivity contribution in [1.29, 1.82) is 0 Å². The van der Waals surface area contributed by atoms with Crippen LogP contribution < -0.4 is 33.8 Å². The van der Waals surface area contributed by atoms with Crippen molar-refractivity contribution in [2.24, 2.45) is 4.99 Å². The van der Waals surface area contributed by atoms with Crippen molar-refractivity contribution in [3.8, 4) is 23.0 Å². The van der Waals surface area contributed by atoms with Gasteiger partial charge >= 0.3 is 5.97 Å². The summed E-state index contributed by atoms with van der Waals surface area (Å²) in [6, 6.07) is 15.5. The number of halogens is 2. The van der Waals surface area contributed by atoms with Crippen LogP contribution in [-0.2, 0) is 16.1 Å². The maximum Gasteiger partial charge on any atom is 0.338 e. The molecule has 1 atom stereocenters. The molecule has 1 aliphatic heterocycles. The van der Waals surface area contributed by atoms with E-state index in [2.05, 4.69) is 20.9 Å². The van der Waals surface area contributed by atoms with Gasteiger partial charge in [0.1, 0.15) is 6.61 Å². The van der Waals surface area contributed by atoms with Crippen LogP contribution in [0.5, 0.6) is 23.0 Å². The van der Waals surface area contributed by atoms with Crippen molar-refractivity contribution in [3.63, 3.8) is 0 Å². The lowest BCUT2D eigenvalue weighted by Gasteiger charge is -2.26. The summed E-state index contributed by atoms with van der Waals surface area (Å²) in [5.41, 5.74) is 2.69. The van der Waals surface area contributed by atoms with E-state index < -0.39 is 12.0 Å². The minimum atomic E-state index is -0.838. The van der Waals surface area contributed by atoms with Crippen molar-refractivity contribution in [1.82, 2.24) is 4.57 Å². The summed E-state index contributed by atoms with van der Waals surface area (Å²) in [7, 11) is 4.62. The number of carbonyl (C=O) groups is 1. The molecule has 0 fully saturated rings. The fraction of sp³-hybridized carbons (Fsp3) is 0.242. The number of fused-ring (bicyclic) bond motifs is 1. The first-order chi connectivity index (χ1) is 21.7. The van der Waals surface area contributed by atoms with Gasteiger partial charge in [0.05, 0.1) is 49.8 Å². The van der Waals surface area contributed by atoms with Crippen molar-refractivity contribution in [3.05, 3.63) is 112 Å². The molecule has 3 aromatic carbocycles. The van der Waals surface area contributed by atoms with Crippen LogP contribution in [-0.4, -0.2) is 38.5 Å². The van der Waals surface area contributed by atoms with Gasteiger partial charge < -0.3 is 23.7 Å². The second kappa shape index (κ2) is 13.9. The predicted octanol–water partition coefficient (Wildman–Crippen LogP) is 5.82. The monoisotopic (exact) mass is 712 g/mol. The van der Waals surface area contributed by atoms with Gasteiger partial charge in [-0.1, -0.05) is 57.1 Å². The number of thiazole rings is 1. The van der Waals surface area contributed by atoms with E-state index in [0.29, 0.717) is 59.7 Å². The molecule has 9 nitrogen and oxygen atoms in total. The molecule has 4 aromatic rings. The number of rotatable bonds is 10. The number of aromatic nitrogens is 1. The third kappa shape index (κ3) is 6.66. The molecule has 0 radical (unpaired) electrons. The van der Waals surface area contributed by atoms with Crippen LogP contribution in [0.3, 0.4) is 0 Å². The van der Waals surface area contributed by atoms with Crippen LogP contribution in [0.25, 0.3) is 6.08 Å². The largest absolute Gasteiger partial charge is 0.493 e. The number of methoxy groups -OCH3 is 3. The average Bonchev–Trinajstić information content (AvgIpc) is 3.33. The van der Waals surface area contributed by atoms with Gasteiger partial charge in [0.2, 0.25) is 0 Å². The van der Waals surface area contributed by atoms with E-state index in [-0.39, 0.29) is 17.7 Å². The molecule has 12 heteroatoms. The lowest BCUT2D eigenvalue weighted by Crippen LogP contribution is -2.40. The van der Waals surface area contributed by atoms with Crippen molar-refractivity contribution >= 4 is 50.9 Å². The van der Waals surface area contributed by atoms with Gasteiger partial charge in [0.25, 0.3) is 5.56 Å². The smallest absolute Gasteiger partial charge is 0.338 e. The lowest BCUT2D eigenvalue weighted by molar-refractivity contribution is -0.139. The minimum Gasteiger partial charge on any atom is -0.493 e. The highest BCUT2D eigenvalue weighted by molar-refractivity contribution is 9.10. The van der Waals surface area contributed by atoms with Gasteiger partial charge in [-0.3, -0.25) is 9.36 Å². The number of hydrogen-bond donors (Lipinski definition) is 0. The first-order valence-corrected chi connectivity index (χ1v) is 15.8. The zero-order valence-corrected chi connectivity index (χ0v) is 28.3. The highest BCUT2D eigenvalue weighted by Crippen LogP contribution is 2.41. The number of ether oxygens (including phenoxy) is 5. The fourth-order valence-corrected chi connectivity index (χ4v) is 6.66. The highest BCUT2D eigenvalue weighted by atomic mass is 79.9. The number of esters is 1. The third-order valence-electron chi connectivity index (χ3n) is 7.11. The van der Waals surface area contributed by atoms with Gasteiger partial charge in [0.15, 0.2) is 27.8 Å². The van der Waals surface area contributed by atoms with Crippen LogP contribution >= 0.6 is 38.9 Å². The van der Waals surface area contributed by atoms with E-state index in [9.17, 15) is 9.59 Å². The number of hydrogen-bond acceptors (Lipinski definition) is 9. The molecule has 0 saturated heterocycles. The van der Waals surface area contributed by atoms with E-state index >= 15 is 0 Å². The molecular formula is C33H30BrClN2O7S. The second-order valence-corrected chi connectivity index (χ2v) is 12.2. The zero-order valence-electron chi connectivity index (χ0n) is 25.2. The van der Waals surface area contributed by atoms with Gasteiger partial charge in [-0.25, -0.2) is 9.79 Å². The quantitative estimate of drug-likeness (QED) is 0.191. The summed E-state index contributed by atoms with van der Waals surface area (Å²) in [5, 5.41) is 0.654. The molecule has 1 aliphatic rings. The molecule has 5 rings (SSSR count). The zero-order chi connectivity index (χ0) is 32.2. The van der Waals surface area contributed by atoms with Gasteiger partial charge in [-0.05, 0) is 73.0 Å². The Morgan fingerprint density at radius 2 is 1.67 bits per heavy atom. The first kappa shape index (κ1) is 32.3. The normalized spacial score (nSPS) is 14.5. The third-order valence-corrected chi connectivity index (χ3v) is 9.03. The highest BCUT2D eigenvalue weighted by Gasteiger charge is 2.35. The lowest BCUT2D eigenvalue weighted by atomic mass is 9.95. The van der Waals surface area contributed by atoms with Crippen molar-refractivity contribution in [2.45, 2.75) is 26.5 Å². The van der Waals surface area contributed by atoms with Crippen LogP contribution in [0.15, 0.2) is 80.1 Å². The molecule has 0 aliphatic carbocycles. The molecule has 1 aromatic heterocycles. The van der Waals surface area contributed by atoms with Crippen LogP contribution in [0.2, 0.25) is 5.02 Å². The van der Waals surface area contributed by atoms with E-state index in [1.165, 1.54) is 30.1 Å². The second-order valence-electron chi connectivity index (χ2n) is 9.86. The Bertz CT molecular complexity index is 1970. The Morgan fingerprint density at radius 3 is 2.33 bits per heavy atom. The van der Waals surface area contributed by atoms with Gasteiger partial charge in [-0.2, -0.15) is 0 Å². The molecule has 0 unspecified atom stereocenters. The maximum absolute atomic E-state index is 14.1. The van der Waals surface area contributed by atoms with E-state index in [1.54, 1.807) is 51.3 Å². The van der Waals surface area contributed by atoms with Gasteiger partial charge in [0, 0.05) is 9.50 Å². The standard InChI is InChI=1S/C33H30BrClN2O7S/c1-6-43-32(39)29-18(2)36-33-37(30(29)22-15-26(41-4)27(42-5)16-23(22)34)31(38)28(45-33)14-20-9-12-24(25(13-20)40-3)44-17-19-7-10-21(35)11-8-19/h7-16,30H,6,17H2,1-5H3/b28-14-/t30-/m0/s1. The molecule has 0 N–H and O–H groups in total. The number of nitrogens with zero attached hydrogens (tertiary/aromatic N) is 2. The summed E-state index contributed by atoms with van der Waals surface area (Å²) in [6.07, 6.45) is 1.76. The number of allylic oxidation sites excluding steroid dienone is 1. The number of benzene rings is 3. The van der Waals surface area contributed by atoms with Crippen LogP contribution in [0.4, 0.5) is 0 Å². The summed E-state index contributed by atoms with van der Waals surface area (Å²) < 4.78 is 30.6. The molecule has 234 valence electrons.